The lowest BCUT2D eigenvalue weighted by Gasteiger charge is -2.31. The van der Waals surface area contributed by atoms with Gasteiger partial charge in [0.15, 0.2) is 0 Å². The fourth-order valence-corrected chi connectivity index (χ4v) is 3.48. The molecule has 2 aromatic rings. The molecule has 7 nitrogen and oxygen atoms in total. The lowest BCUT2D eigenvalue weighted by atomic mass is 9.95. The Balaban J connectivity index is 1.96. The number of rotatable bonds is 8. The van der Waals surface area contributed by atoms with Crippen LogP contribution in [0, 0.1) is 5.82 Å². The molecule has 1 aliphatic heterocycles. The van der Waals surface area contributed by atoms with Gasteiger partial charge in [-0.1, -0.05) is 12.1 Å². The Bertz CT molecular complexity index is 987. The minimum Gasteiger partial charge on any atom is -0.491 e. The van der Waals surface area contributed by atoms with Crippen molar-refractivity contribution in [1.82, 2.24) is 10.6 Å². The van der Waals surface area contributed by atoms with Gasteiger partial charge in [0.2, 0.25) is 0 Å². The molecule has 32 heavy (non-hydrogen) atoms. The first kappa shape index (κ1) is 23.1. The van der Waals surface area contributed by atoms with E-state index in [0.29, 0.717) is 17.0 Å². The molecular weight excluding hydrogens is 413 g/mol. The van der Waals surface area contributed by atoms with Gasteiger partial charge in [-0.15, -0.1) is 0 Å². The summed E-state index contributed by atoms with van der Waals surface area (Å²) in [6.45, 7) is 6.02. The Labute approximate surface area is 187 Å². The van der Waals surface area contributed by atoms with Crippen LogP contribution in [0.25, 0.3) is 0 Å². The summed E-state index contributed by atoms with van der Waals surface area (Å²) in [6, 6.07) is 12.1. The van der Waals surface area contributed by atoms with Crippen LogP contribution in [-0.2, 0) is 9.53 Å². The Kier molecular flexibility index (Phi) is 7.35. The molecule has 0 saturated carbocycles. The summed E-state index contributed by atoms with van der Waals surface area (Å²) in [7, 11) is 1.80. The van der Waals surface area contributed by atoms with Gasteiger partial charge in [0.1, 0.15) is 11.6 Å². The number of likely N-dealkylation sites (N-methyl/N-ethyl adjacent to an activating group) is 1. The SMILES string of the molecule is CCOC(=O)C1=C(CN(C)c2ccc(F)cc2)NC(=O)N[C@@H]1c1ccc(OC(C)C)cc1. The van der Waals surface area contributed by atoms with Gasteiger partial charge >= 0.3 is 12.0 Å². The highest BCUT2D eigenvalue weighted by Gasteiger charge is 2.34. The summed E-state index contributed by atoms with van der Waals surface area (Å²) in [5.74, 6) is -0.161. The Hall–Kier alpha value is -3.55. The molecule has 1 heterocycles. The van der Waals surface area contributed by atoms with Crippen LogP contribution < -0.4 is 20.3 Å². The zero-order valence-electron chi connectivity index (χ0n) is 18.6. The van der Waals surface area contributed by atoms with Crippen LogP contribution in [0.3, 0.4) is 0 Å². The van der Waals surface area contributed by atoms with E-state index >= 15 is 0 Å². The maximum Gasteiger partial charge on any atom is 0.338 e. The van der Waals surface area contributed by atoms with Crippen molar-refractivity contribution in [3.8, 4) is 5.75 Å². The van der Waals surface area contributed by atoms with Gasteiger partial charge in [0, 0.05) is 12.7 Å². The number of benzene rings is 2. The van der Waals surface area contributed by atoms with Gasteiger partial charge in [0.05, 0.1) is 36.6 Å². The van der Waals surface area contributed by atoms with E-state index in [1.165, 1.54) is 12.1 Å². The average Bonchev–Trinajstić information content (AvgIpc) is 2.74. The van der Waals surface area contributed by atoms with Crippen LogP contribution in [-0.4, -0.2) is 38.3 Å². The molecule has 0 spiro atoms. The summed E-state index contributed by atoms with van der Waals surface area (Å²) in [5.41, 5.74) is 2.20. The van der Waals surface area contributed by atoms with Gasteiger partial charge in [-0.05, 0) is 62.7 Å². The van der Waals surface area contributed by atoms with Crippen molar-refractivity contribution in [3.63, 3.8) is 0 Å². The van der Waals surface area contributed by atoms with Gasteiger partial charge in [0.25, 0.3) is 0 Å². The van der Waals surface area contributed by atoms with E-state index in [1.807, 2.05) is 30.9 Å². The van der Waals surface area contributed by atoms with E-state index in [-0.39, 0.29) is 25.1 Å². The zero-order chi connectivity index (χ0) is 23.3. The molecule has 2 N–H and O–H groups in total. The molecule has 0 bridgehead atoms. The summed E-state index contributed by atoms with van der Waals surface area (Å²) in [6.07, 6.45) is 0.0306. The number of urea groups is 1. The van der Waals surface area contributed by atoms with E-state index in [2.05, 4.69) is 10.6 Å². The van der Waals surface area contributed by atoms with Crippen molar-refractivity contribution >= 4 is 17.7 Å². The van der Waals surface area contributed by atoms with Crippen LogP contribution in [0.1, 0.15) is 32.4 Å². The molecule has 2 aromatic carbocycles. The molecule has 1 atom stereocenters. The molecule has 0 radical (unpaired) electrons. The lowest BCUT2D eigenvalue weighted by molar-refractivity contribution is -0.139. The van der Waals surface area contributed by atoms with E-state index in [4.69, 9.17) is 9.47 Å². The summed E-state index contributed by atoms with van der Waals surface area (Å²) in [5, 5.41) is 5.56. The second kappa shape index (κ2) is 10.2. The van der Waals surface area contributed by atoms with Crippen LogP contribution in [0.15, 0.2) is 59.8 Å². The minimum atomic E-state index is -0.687. The van der Waals surface area contributed by atoms with E-state index in [1.54, 1.807) is 38.2 Å². The number of hydrogen-bond donors (Lipinski definition) is 2. The largest absolute Gasteiger partial charge is 0.491 e. The fraction of sp³-hybridized carbons (Fsp3) is 0.333. The van der Waals surface area contributed by atoms with Gasteiger partial charge in [-0.2, -0.15) is 0 Å². The van der Waals surface area contributed by atoms with Crippen LogP contribution in [0.5, 0.6) is 5.75 Å². The van der Waals surface area contributed by atoms with Crippen molar-refractivity contribution in [2.75, 3.05) is 25.1 Å². The molecule has 0 saturated heterocycles. The van der Waals surface area contributed by atoms with Crippen LogP contribution in [0.2, 0.25) is 0 Å². The fourth-order valence-electron chi connectivity index (χ4n) is 3.48. The standard InChI is InChI=1S/C24H28FN3O4/c1-5-31-23(29)21-20(14-28(4)18-10-8-17(25)9-11-18)26-24(30)27-22(21)16-6-12-19(13-7-16)32-15(2)3/h6-13,15,22H,5,14H2,1-4H3,(H2,26,27,30)/t22-/m1/s1. The molecule has 0 fully saturated rings. The third-order valence-corrected chi connectivity index (χ3v) is 4.90. The topological polar surface area (TPSA) is 79.9 Å². The van der Waals surface area contributed by atoms with E-state index in [0.717, 1.165) is 11.3 Å². The minimum absolute atomic E-state index is 0.0306. The normalized spacial score (nSPS) is 15.8. The molecule has 0 aliphatic carbocycles. The van der Waals surface area contributed by atoms with Crippen LogP contribution >= 0.6 is 0 Å². The van der Waals surface area contributed by atoms with Crippen molar-refractivity contribution < 1.29 is 23.5 Å². The number of carbonyl (C=O) groups is 2. The number of halogens is 1. The summed E-state index contributed by atoms with van der Waals surface area (Å²) < 4.78 is 24.3. The van der Waals surface area contributed by atoms with Crippen molar-refractivity contribution in [2.45, 2.75) is 32.9 Å². The number of nitrogens with one attached hydrogen (secondary N) is 2. The highest BCUT2D eigenvalue weighted by atomic mass is 19.1. The zero-order valence-corrected chi connectivity index (χ0v) is 18.6. The van der Waals surface area contributed by atoms with Crippen molar-refractivity contribution in [2.24, 2.45) is 0 Å². The average molecular weight is 442 g/mol. The number of hydrogen-bond acceptors (Lipinski definition) is 5. The van der Waals surface area contributed by atoms with Crippen molar-refractivity contribution in [1.29, 1.82) is 0 Å². The summed E-state index contributed by atoms with van der Waals surface area (Å²) >= 11 is 0. The Morgan fingerprint density at radius 3 is 2.38 bits per heavy atom. The predicted octanol–water partition coefficient (Wildman–Crippen LogP) is 3.92. The molecule has 2 amide bonds. The molecule has 0 aromatic heterocycles. The third-order valence-electron chi connectivity index (χ3n) is 4.90. The number of ether oxygens (including phenoxy) is 2. The number of nitrogens with zero attached hydrogens (tertiary/aromatic N) is 1. The first-order valence-electron chi connectivity index (χ1n) is 10.5. The number of amides is 2. The molecule has 0 unspecified atom stereocenters. The Morgan fingerprint density at radius 2 is 1.78 bits per heavy atom. The maximum atomic E-state index is 13.3. The second-order valence-corrected chi connectivity index (χ2v) is 7.71. The van der Waals surface area contributed by atoms with Gasteiger partial charge < -0.3 is 25.0 Å². The molecular formula is C24H28FN3O4. The monoisotopic (exact) mass is 441 g/mol. The molecule has 170 valence electrons. The maximum absolute atomic E-state index is 13.3. The number of anilines is 1. The quantitative estimate of drug-likeness (QED) is 0.607. The smallest absolute Gasteiger partial charge is 0.338 e. The first-order chi connectivity index (χ1) is 15.3. The molecule has 3 rings (SSSR count). The molecule has 1 aliphatic rings. The van der Waals surface area contributed by atoms with Gasteiger partial charge in [-0.25, -0.2) is 14.0 Å². The second-order valence-electron chi connectivity index (χ2n) is 7.71. The number of carbonyl (C=O) groups excluding carboxylic acids is 2. The first-order valence-corrected chi connectivity index (χ1v) is 10.5. The van der Waals surface area contributed by atoms with Crippen LogP contribution in [0.4, 0.5) is 14.9 Å². The van der Waals surface area contributed by atoms with E-state index in [9.17, 15) is 14.0 Å². The third kappa shape index (κ3) is 5.57. The highest BCUT2D eigenvalue weighted by Crippen LogP contribution is 2.30. The van der Waals surface area contributed by atoms with Gasteiger partial charge in [-0.3, -0.25) is 0 Å². The summed E-state index contributed by atoms with van der Waals surface area (Å²) in [4.78, 5) is 27.2. The predicted molar refractivity (Wildman–Crippen MR) is 120 cm³/mol. The highest BCUT2D eigenvalue weighted by molar-refractivity contribution is 5.95. The van der Waals surface area contributed by atoms with E-state index < -0.39 is 18.0 Å². The lowest BCUT2D eigenvalue weighted by Crippen LogP contribution is -2.48. The van der Waals surface area contributed by atoms with Crippen molar-refractivity contribution in [3.05, 3.63) is 71.2 Å². The molecule has 8 heteroatoms. The number of esters is 1. The Morgan fingerprint density at radius 1 is 1.12 bits per heavy atom.